The first-order chi connectivity index (χ1) is 14.4. The molecule has 0 spiro atoms. The van der Waals surface area contributed by atoms with E-state index < -0.39 is 10.8 Å². The highest BCUT2D eigenvalue weighted by molar-refractivity contribution is 7.22. The lowest BCUT2D eigenvalue weighted by atomic mass is 10.1. The Hall–Kier alpha value is -3.07. The number of benzene rings is 2. The first-order valence-corrected chi connectivity index (χ1v) is 10.2. The van der Waals surface area contributed by atoms with Gasteiger partial charge in [0.15, 0.2) is 5.13 Å². The number of non-ortho nitro benzene ring substituents is 1. The lowest BCUT2D eigenvalue weighted by molar-refractivity contribution is -0.384. The second kappa shape index (κ2) is 8.35. The van der Waals surface area contributed by atoms with E-state index in [2.05, 4.69) is 9.97 Å². The van der Waals surface area contributed by atoms with E-state index >= 15 is 0 Å². The van der Waals surface area contributed by atoms with Crippen LogP contribution in [0.1, 0.15) is 16.1 Å². The van der Waals surface area contributed by atoms with Gasteiger partial charge in [-0.1, -0.05) is 46.7 Å². The Morgan fingerprint density at radius 3 is 2.63 bits per heavy atom. The van der Waals surface area contributed by atoms with Crippen LogP contribution in [0.4, 0.5) is 10.8 Å². The van der Waals surface area contributed by atoms with E-state index in [1.807, 2.05) is 6.07 Å². The molecule has 4 aromatic rings. The third-order valence-corrected chi connectivity index (χ3v) is 5.95. The van der Waals surface area contributed by atoms with Crippen molar-refractivity contribution in [3.63, 3.8) is 0 Å². The van der Waals surface area contributed by atoms with Crippen molar-refractivity contribution >= 4 is 61.5 Å². The van der Waals surface area contributed by atoms with Crippen LogP contribution in [0.5, 0.6) is 0 Å². The maximum Gasteiger partial charge on any atom is 0.270 e. The Morgan fingerprint density at radius 2 is 1.93 bits per heavy atom. The van der Waals surface area contributed by atoms with Crippen molar-refractivity contribution in [3.8, 4) is 0 Å². The Balaban J connectivity index is 1.82. The van der Waals surface area contributed by atoms with E-state index in [9.17, 15) is 14.9 Å². The molecule has 0 fully saturated rings. The summed E-state index contributed by atoms with van der Waals surface area (Å²) in [5, 5.41) is 12.1. The van der Waals surface area contributed by atoms with Gasteiger partial charge in [-0.2, -0.15) is 0 Å². The number of hydrogen-bond donors (Lipinski definition) is 0. The predicted octanol–water partition coefficient (Wildman–Crippen LogP) is 5.75. The predicted molar refractivity (Wildman–Crippen MR) is 117 cm³/mol. The standard InChI is InChI=1S/C20H12Cl2N4O3S/c21-15-8-7-13(26(28)29)10-14(15)19(27)25(11-12-4-1-2-9-23-12)20-24-18-16(22)5-3-6-17(18)30-20/h1-10H,11H2. The van der Waals surface area contributed by atoms with Gasteiger partial charge in [0.25, 0.3) is 11.6 Å². The number of para-hydroxylation sites is 1. The van der Waals surface area contributed by atoms with E-state index in [0.717, 1.165) is 10.8 Å². The zero-order chi connectivity index (χ0) is 21.3. The number of pyridine rings is 1. The number of aromatic nitrogens is 2. The number of thiazole rings is 1. The SMILES string of the molecule is O=C(c1cc([N+](=O)[O-])ccc1Cl)N(Cc1ccccn1)c1nc2c(Cl)cccc2s1. The number of halogens is 2. The molecule has 0 bridgehead atoms. The van der Waals surface area contributed by atoms with Crippen LogP contribution >= 0.6 is 34.5 Å². The third-order valence-electron chi connectivity index (χ3n) is 4.27. The molecule has 2 aromatic carbocycles. The Labute approximate surface area is 184 Å². The zero-order valence-corrected chi connectivity index (χ0v) is 17.5. The van der Waals surface area contributed by atoms with E-state index in [1.165, 1.54) is 28.4 Å². The molecule has 0 aliphatic heterocycles. The molecular formula is C20H12Cl2N4O3S. The van der Waals surface area contributed by atoms with Crippen molar-refractivity contribution in [2.75, 3.05) is 4.90 Å². The van der Waals surface area contributed by atoms with Gasteiger partial charge in [0.2, 0.25) is 0 Å². The maximum atomic E-state index is 13.4. The molecular weight excluding hydrogens is 447 g/mol. The number of nitrogens with zero attached hydrogens (tertiary/aromatic N) is 4. The van der Waals surface area contributed by atoms with Crippen LogP contribution in [-0.2, 0) is 6.54 Å². The molecule has 0 aliphatic rings. The number of carbonyl (C=O) groups is 1. The van der Waals surface area contributed by atoms with Gasteiger partial charge >= 0.3 is 0 Å². The number of anilines is 1. The van der Waals surface area contributed by atoms with Gasteiger partial charge in [-0.3, -0.25) is 24.8 Å². The molecule has 1 amide bonds. The highest BCUT2D eigenvalue weighted by Gasteiger charge is 2.26. The van der Waals surface area contributed by atoms with E-state index in [1.54, 1.807) is 36.5 Å². The average molecular weight is 459 g/mol. The molecule has 7 nitrogen and oxygen atoms in total. The van der Waals surface area contributed by atoms with Crippen molar-refractivity contribution in [2.24, 2.45) is 0 Å². The van der Waals surface area contributed by atoms with E-state index in [0.29, 0.717) is 21.4 Å². The Morgan fingerprint density at radius 1 is 1.10 bits per heavy atom. The first-order valence-electron chi connectivity index (χ1n) is 8.65. The van der Waals surface area contributed by atoms with Crippen LogP contribution in [-0.4, -0.2) is 20.8 Å². The molecule has 4 rings (SSSR count). The monoisotopic (exact) mass is 458 g/mol. The van der Waals surface area contributed by atoms with Crippen LogP contribution in [0.3, 0.4) is 0 Å². The van der Waals surface area contributed by atoms with Gasteiger partial charge in [-0.15, -0.1) is 0 Å². The van der Waals surface area contributed by atoms with Crippen LogP contribution in [0.15, 0.2) is 60.8 Å². The smallest absolute Gasteiger partial charge is 0.270 e. The van der Waals surface area contributed by atoms with Crippen LogP contribution in [0.25, 0.3) is 10.2 Å². The number of nitro groups is 1. The van der Waals surface area contributed by atoms with Gasteiger partial charge in [0.1, 0.15) is 5.52 Å². The summed E-state index contributed by atoms with van der Waals surface area (Å²) < 4.78 is 0.807. The molecule has 2 heterocycles. The number of hydrogen-bond acceptors (Lipinski definition) is 6. The van der Waals surface area contributed by atoms with E-state index in [-0.39, 0.29) is 22.8 Å². The van der Waals surface area contributed by atoms with Crippen LogP contribution < -0.4 is 4.90 Å². The van der Waals surface area contributed by atoms with Crippen molar-refractivity contribution < 1.29 is 9.72 Å². The first kappa shape index (κ1) is 20.2. The second-order valence-corrected chi connectivity index (χ2v) is 8.04. The number of fused-ring (bicyclic) bond motifs is 1. The van der Waals surface area contributed by atoms with Gasteiger partial charge in [0, 0.05) is 18.3 Å². The van der Waals surface area contributed by atoms with Gasteiger partial charge < -0.3 is 0 Å². The van der Waals surface area contributed by atoms with Crippen molar-refractivity contribution in [1.82, 2.24) is 9.97 Å². The normalized spacial score (nSPS) is 10.9. The highest BCUT2D eigenvalue weighted by atomic mass is 35.5. The Bertz CT molecular complexity index is 1260. The van der Waals surface area contributed by atoms with E-state index in [4.69, 9.17) is 23.2 Å². The van der Waals surface area contributed by atoms with Crippen molar-refractivity contribution in [2.45, 2.75) is 6.54 Å². The molecule has 0 N–H and O–H groups in total. The molecule has 0 radical (unpaired) electrons. The van der Waals surface area contributed by atoms with Gasteiger partial charge in [-0.25, -0.2) is 4.98 Å². The minimum Gasteiger partial charge on any atom is -0.278 e. The Kier molecular flexibility index (Phi) is 5.63. The molecule has 0 saturated carbocycles. The van der Waals surface area contributed by atoms with Crippen molar-refractivity contribution in [3.05, 3.63) is 92.2 Å². The summed E-state index contributed by atoms with van der Waals surface area (Å²) >= 11 is 13.7. The topological polar surface area (TPSA) is 89.2 Å². The third kappa shape index (κ3) is 3.97. The molecule has 30 heavy (non-hydrogen) atoms. The molecule has 10 heteroatoms. The quantitative estimate of drug-likeness (QED) is 0.280. The molecule has 0 saturated heterocycles. The average Bonchev–Trinajstić information content (AvgIpc) is 3.18. The highest BCUT2D eigenvalue weighted by Crippen LogP contribution is 2.35. The summed E-state index contributed by atoms with van der Waals surface area (Å²) in [6.07, 6.45) is 1.62. The minimum atomic E-state index is -0.576. The van der Waals surface area contributed by atoms with Crippen LogP contribution in [0, 0.1) is 10.1 Å². The summed E-state index contributed by atoms with van der Waals surface area (Å²) in [4.78, 5) is 34.2. The number of nitro benzene ring substituents is 1. The number of carbonyl (C=O) groups excluding carboxylic acids is 1. The summed E-state index contributed by atoms with van der Waals surface area (Å²) in [7, 11) is 0. The number of rotatable bonds is 5. The molecule has 150 valence electrons. The fraction of sp³-hybridized carbons (Fsp3) is 0.0500. The summed E-state index contributed by atoms with van der Waals surface area (Å²) in [6, 6.07) is 14.5. The summed E-state index contributed by atoms with van der Waals surface area (Å²) in [5.41, 5.74) is 0.973. The summed E-state index contributed by atoms with van der Waals surface area (Å²) in [5.74, 6) is -0.524. The second-order valence-electron chi connectivity index (χ2n) is 6.22. The molecule has 0 atom stereocenters. The number of amides is 1. The fourth-order valence-electron chi connectivity index (χ4n) is 2.83. The summed E-state index contributed by atoms with van der Waals surface area (Å²) in [6.45, 7) is 0.107. The van der Waals surface area contributed by atoms with Gasteiger partial charge in [0.05, 0.1) is 37.5 Å². The molecule has 0 aliphatic carbocycles. The fourth-order valence-corrected chi connectivity index (χ4v) is 4.30. The van der Waals surface area contributed by atoms with Crippen LogP contribution in [0.2, 0.25) is 10.0 Å². The van der Waals surface area contributed by atoms with Crippen molar-refractivity contribution in [1.29, 1.82) is 0 Å². The molecule has 0 unspecified atom stereocenters. The zero-order valence-electron chi connectivity index (χ0n) is 15.2. The van der Waals surface area contributed by atoms with Gasteiger partial charge in [-0.05, 0) is 30.3 Å². The molecule has 2 aromatic heterocycles. The lowest BCUT2D eigenvalue weighted by Crippen LogP contribution is -2.31. The lowest BCUT2D eigenvalue weighted by Gasteiger charge is -2.20. The maximum absolute atomic E-state index is 13.4. The minimum absolute atomic E-state index is 0.00662. The largest absolute Gasteiger partial charge is 0.278 e.